The van der Waals surface area contributed by atoms with Crippen molar-refractivity contribution in [3.63, 3.8) is 0 Å². The topological polar surface area (TPSA) is 38.4 Å². The normalized spacial score (nSPS) is 23.7. The van der Waals surface area contributed by atoms with Crippen LogP contribution in [-0.4, -0.2) is 11.9 Å². The predicted octanol–water partition coefficient (Wildman–Crippen LogP) is 1.98. The number of hydrogen-bond acceptors (Lipinski definition) is 1. The number of halogens is 1. The van der Waals surface area contributed by atoms with Gasteiger partial charge >= 0.3 is 0 Å². The highest BCUT2D eigenvalue weighted by molar-refractivity contribution is 6.31. The first-order chi connectivity index (χ1) is 5.74. The Morgan fingerprint density at radius 3 is 3.00 bits per heavy atom. The fraction of sp³-hybridized carbons (Fsp3) is 0.222. The summed E-state index contributed by atoms with van der Waals surface area (Å²) in [5, 5.41) is 0.711. The van der Waals surface area contributed by atoms with Gasteiger partial charge in [-0.3, -0.25) is 4.99 Å². The Labute approximate surface area is 77.1 Å². The van der Waals surface area contributed by atoms with Gasteiger partial charge in [-0.2, -0.15) is 0 Å². The van der Waals surface area contributed by atoms with Crippen molar-refractivity contribution in [2.45, 2.75) is 13.0 Å². The number of aliphatic imine (C=N–C) groups is 1. The first kappa shape index (κ1) is 9.07. The molecule has 64 valence electrons. The molecule has 2 N–H and O–H groups in total. The van der Waals surface area contributed by atoms with Crippen LogP contribution < -0.4 is 5.73 Å². The van der Waals surface area contributed by atoms with Crippen molar-refractivity contribution < 1.29 is 0 Å². The lowest BCUT2D eigenvalue weighted by molar-refractivity contribution is 1.02. The van der Waals surface area contributed by atoms with Crippen molar-refractivity contribution in [2.75, 3.05) is 0 Å². The monoisotopic (exact) mass is 182 g/mol. The van der Waals surface area contributed by atoms with Gasteiger partial charge in [-0.1, -0.05) is 29.8 Å². The van der Waals surface area contributed by atoms with E-state index in [1.54, 1.807) is 6.08 Å². The Balaban J connectivity index is 2.67. The van der Waals surface area contributed by atoms with E-state index >= 15 is 0 Å². The molecule has 1 rings (SSSR count). The molecule has 1 aliphatic carbocycles. The molecule has 12 heavy (non-hydrogen) atoms. The molecule has 0 fully saturated rings. The Bertz CT molecular complexity index is 274. The lowest BCUT2D eigenvalue weighted by Crippen LogP contribution is -2.12. The number of amidine groups is 1. The average molecular weight is 183 g/mol. The molecule has 1 aliphatic rings. The van der Waals surface area contributed by atoms with E-state index in [4.69, 9.17) is 17.3 Å². The van der Waals surface area contributed by atoms with Gasteiger partial charge in [-0.15, -0.1) is 0 Å². The van der Waals surface area contributed by atoms with Crippen molar-refractivity contribution in [3.8, 4) is 0 Å². The summed E-state index contributed by atoms with van der Waals surface area (Å²) in [4.78, 5) is 4.17. The third kappa shape index (κ3) is 2.24. The zero-order chi connectivity index (χ0) is 8.97. The van der Waals surface area contributed by atoms with Gasteiger partial charge < -0.3 is 5.73 Å². The SMILES string of the molecule is C/C=C\C(N)=NC1C=CC=C1Cl. The fourth-order valence-corrected chi connectivity index (χ4v) is 1.12. The molecule has 0 radical (unpaired) electrons. The number of nitrogens with two attached hydrogens (primary N) is 1. The molecule has 0 spiro atoms. The average Bonchev–Trinajstić information content (AvgIpc) is 2.37. The summed E-state index contributed by atoms with van der Waals surface area (Å²) in [7, 11) is 0. The van der Waals surface area contributed by atoms with Gasteiger partial charge in [-0.25, -0.2) is 0 Å². The van der Waals surface area contributed by atoms with Crippen LogP contribution in [0, 0.1) is 0 Å². The Kier molecular flexibility index (Phi) is 3.11. The Morgan fingerprint density at radius 2 is 2.50 bits per heavy atom. The van der Waals surface area contributed by atoms with Gasteiger partial charge in [0.15, 0.2) is 0 Å². The van der Waals surface area contributed by atoms with E-state index < -0.39 is 0 Å². The smallest absolute Gasteiger partial charge is 0.118 e. The molecule has 1 unspecified atom stereocenters. The quantitative estimate of drug-likeness (QED) is 0.515. The van der Waals surface area contributed by atoms with E-state index in [-0.39, 0.29) is 6.04 Å². The van der Waals surface area contributed by atoms with Crippen LogP contribution >= 0.6 is 11.6 Å². The molecule has 0 aromatic heterocycles. The maximum absolute atomic E-state index is 5.83. The summed E-state index contributed by atoms with van der Waals surface area (Å²) in [6.07, 6.45) is 9.18. The lowest BCUT2D eigenvalue weighted by atomic mass is 10.3. The minimum absolute atomic E-state index is 0.0807. The summed E-state index contributed by atoms with van der Waals surface area (Å²) < 4.78 is 0. The maximum atomic E-state index is 5.83. The van der Waals surface area contributed by atoms with Crippen molar-refractivity contribution in [3.05, 3.63) is 35.4 Å². The van der Waals surface area contributed by atoms with Gasteiger partial charge in [0.25, 0.3) is 0 Å². The zero-order valence-corrected chi connectivity index (χ0v) is 7.62. The minimum atomic E-state index is -0.0807. The van der Waals surface area contributed by atoms with Crippen LogP contribution in [0.1, 0.15) is 6.92 Å². The van der Waals surface area contributed by atoms with Gasteiger partial charge in [0.05, 0.1) is 0 Å². The summed E-state index contributed by atoms with van der Waals surface area (Å²) in [5.74, 6) is 0.501. The van der Waals surface area contributed by atoms with Gasteiger partial charge in [0, 0.05) is 5.03 Å². The molecule has 0 saturated carbocycles. The van der Waals surface area contributed by atoms with Crippen LogP contribution in [0.25, 0.3) is 0 Å². The van der Waals surface area contributed by atoms with Crippen LogP contribution in [0.4, 0.5) is 0 Å². The van der Waals surface area contributed by atoms with Crippen LogP contribution in [0.15, 0.2) is 40.4 Å². The zero-order valence-electron chi connectivity index (χ0n) is 6.87. The molecule has 0 aromatic carbocycles. The van der Waals surface area contributed by atoms with Crippen molar-refractivity contribution in [1.82, 2.24) is 0 Å². The van der Waals surface area contributed by atoms with Gasteiger partial charge in [0.1, 0.15) is 11.9 Å². The van der Waals surface area contributed by atoms with E-state index in [0.717, 1.165) is 0 Å². The van der Waals surface area contributed by atoms with E-state index in [2.05, 4.69) is 4.99 Å². The summed E-state index contributed by atoms with van der Waals surface area (Å²) >= 11 is 5.83. The first-order valence-corrected chi connectivity index (χ1v) is 4.11. The van der Waals surface area contributed by atoms with Crippen molar-refractivity contribution in [1.29, 1.82) is 0 Å². The lowest BCUT2D eigenvalue weighted by Gasteiger charge is -2.01. The van der Waals surface area contributed by atoms with Crippen LogP contribution in [-0.2, 0) is 0 Å². The van der Waals surface area contributed by atoms with Crippen LogP contribution in [0.2, 0.25) is 0 Å². The molecule has 0 amide bonds. The molecule has 0 bridgehead atoms. The number of nitrogens with zero attached hydrogens (tertiary/aromatic N) is 1. The van der Waals surface area contributed by atoms with E-state index in [1.807, 2.05) is 31.2 Å². The van der Waals surface area contributed by atoms with Crippen LogP contribution in [0.5, 0.6) is 0 Å². The molecular weight excluding hydrogens is 172 g/mol. The number of hydrogen-bond donors (Lipinski definition) is 1. The molecule has 0 aromatic rings. The summed E-state index contributed by atoms with van der Waals surface area (Å²) in [5.41, 5.74) is 5.57. The second-order valence-corrected chi connectivity index (χ2v) is 2.87. The maximum Gasteiger partial charge on any atom is 0.118 e. The molecule has 3 heteroatoms. The largest absolute Gasteiger partial charge is 0.384 e. The standard InChI is InChI=1S/C9H11ClN2/c1-2-4-9(11)12-8-6-3-5-7(8)10/h2-6,8H,1H3,(H2,11,12)/b4-2-. The second kappa shape index (κ2) is 4.12. The second-order valence-electron chi connectivity index (χ2n) is 2.44. The summed E-state index contributed by atoms with van der Waals surface area (Å²) in [6, 6.07) is -0.0807. The third-order valence-corrected chi connectivity index (χ3v) is 1.81. The van der Waals surface area contributed by atoms with E-state index in [1.165, 1.54) is 0 Å². The molecule has 0 aliphatic heterocycles. The summed E-state index contributed by atoms with van der Waals surface area (Å²) in [6.45, 7) is 1.89. The number of allylic oxidation sites excluding steroid dienone is 3. The molecule has 0 heterocycles. The minimum Gasteiger partial charge on any atom is -0.384 e. The fourth-order valence-electron chi connectivity index (χ4n) is 0.922. The highest BCUT2D eigenvalue weighted by Gasteiger charge is 2.10. The Morgan fingerprint density at radius 1 is 1.75 bits per heavy atom. The molecule has 1 atom stereocenters. The predicted molar refractivity (Wildman–Crippen MR) is 53.3 cm³/mol. The number of rotatable bonds is 2. The molecule has 0 saturated heterocycles. The Hall–Kier alpha value is -1.02. The van der Waals surface area contributed by atoms with E-state index in [9.17, 15) is 0 Å². The third-order valence-electron chi connectivity index (χ3n) is 1.46. The van der Waals surface area contributed by atoms with Gasteiger partial charge in [-0.05, 0) is 19.1 Å². The highest BCUT2D eigenvalue weighted by Crippen LogP contribution is 2.18. The first-order valence-electron chi connectivity index (χ1n) is 3.74. The van der Waals surface area contributed by atoms with Crippen molar-refractivity contribution >= 4 is 17.4 Å². The molecular formula is C9H11ClN2. The van der Waals surface area contributed by atoms with Crippen LogP contribution in [0.3, 0.4) is 0 Å². The van der Waals surface area contributed by atoms with E-state index in [0.29, 0.717) is 10.9 Å². The molecule has 2 nitrogen and oxygen atoms in total. The van der Waals surface area contributed by atoms with Crippen molar-refractivity contribution in [2.24, 2.45) is 10.7 Å². The van der Waals surface area contributed by atoms with Gasteiger partial charge in [0.2, 0.25) is 0 Å². The highest BCUT2D eigenvalue weighted by atomic mass is 35.5.